The van der Waals surface area contributed by atoms with E-state index in [1.54, 1.807) is 25.2 Å². The van der Waals surface area contributed by atoms with Gasteiger partial charge in [0.15, 0.2) is 17.3 Å². The van der Waals surface area contributed by atoms with Crippen LogP contribution >= 0.6 is 12.4 Å². The normalized spacial score (nSPS) is 14.2. The van der Waals surface area contributed by atoms with Crippen LogP contribution in [0.5, 0.6) is 11.5 Å². The van der Waals surface area contributed by atoms with Crippen LogP contribution in [0.3, 0.4) is 0 Å². The lowest BCUT2D eigenvalue weighted by Gasteiger charge is -2.18. The predicted octanol–water partition coefficient (Wildman–Crippen LogP) is 2.26. The Morgan fingerprint density at radius 3 is 2.56 bits per heavy atom. The second kappa shape index (κ2) is 6.07. The largest absolute Gasteiger partial charge is 0.454 e. The van der Waals surface area contributed by atoms with Crippen molar-refractivity contribution in [2.45, 2.75) is 19.9 Å². The summed E-state index contributed by atoms with van der Waals surface area (Å²) in [7, 11) is 1.80. The van der Waals surface area contributed by atoms with E-state index in [1.807, 2.05) is 13.8 Å². The molecule has 4 nitrogen and oxygen atoms in total. The molecule has 1 aliphatic rings. The van der Waals surface area contributed by atoms with Crippen LogP contribution < -0.4 is 14.8 Å². The standard InChI is InChI=1S/C13H17NO3.ClH/c1-8(2)12(14-3)13(15)9-4-5-10-11(6-9)17-7-16-10;/h4-6,8,12,14H,7H2,1-3H3;1H. The summed E-state index contributed by atoms with van der Waals surface area (Å²) in [4.78, 5) is 12.3. The molecule has 0 aliphatic carbocycles. The summed E-state index contributed by atoms with van der Waals surface area (Å²) < 4.78 is 10.5. The molecule has 1 aromatic rings. The number of halogens is 1. The molecule has 100 valence electrons. The van der Waals surface area contributed by atoms with Crippen molar-refractivity contribution in [3.8, 4) is 11.5 Å². The molecule has 0 aromatic heterocycles. The molecule has 1 unspecified atom stereocenters. The van der Waals surface area contributed by atoms with E-state index in [2.05, 4.69) is 5.32 Å². The third-order valence-corrected chi connectivity index (χ3v) is 2.92. The molecule has 0 fully saturated rings. The number of fused-ring (bicyclic) bond motifs is 1. The van der Waals surface area contributed by atoms with Crippen molar-refractivity contribution in [1.29, 1.82) is 0 Å². The molecule has 0 saturated carbocycles. The number of nitrogens with one attached hydrogen (secondary N) is 1. The predicted molar refractivity (Wildman–Crippen MR) is 71.8 cm³/mol. The number of Topliss-reactive ketones (excluding diaryl/α,β-unsaturated/α-hetero) is 1. The first kappa shape index (κ1) is 14.8. The summed E-state index contributed by atoms with van der Waals surface area (Å²) in [6.07, 6.45) is 0. The summed E-state index contributed by atoms with van der Waals surface area (Å²) in [6.45, 7) is 4.27. The van der Waals surface area contributed by atoms with Crippen molar-refractivity contribution < 1.29 is 14.3 Å². The molecule has 0 saturated heterocycles. The minimum Gasteiger partial charge on any atom is -0.454 e. The van der Waals surface area contributed by atoms with Gasteiger partial charge < -0.3 is 14.8 Å². The van der Waals surface area contributed by atoms with E-state index in [4.69, 9.17) is 9.47 Å². The maximum absolute atomic E-state index is 12.3. The van der Waals surface area contributed by atoms with Gasteiger partial charge in [0.05, 0.1) is 6.04 Å². The van der Waals surface area contributed by atoms with Crippen molar-refractivity contribution in [2.24, 2.45) is 5.92 Å². The molecule has 0 radical (unpaired) electrons. The Bertz CT molecular complexity index is 434. The zero-order chi connectivity index (χ0) is 12.4. The number of carbonyl (C=O) groups is 1. The maximum Gasteiger partial charge on any atom is 0.231 e. The van der Waals surface area contributed by atoms with Gasteiger partial charge in [-0.25, -0.2) is 0 Å². The Hall–Kier alpha value is -1.26. The van der Waals surface area contributed by atoms with Gasteiger partial charge in [-0.15, -0.1) is 12.4 Å². The van der Waals surface area contributed by atoms with Crippen LogP contribution in [-0.2, 0) is 0 Å². The van der Waals surface area contributed by atoms with Crippen LogP contribution in [0.15, 0.2) is 18.2 Å². The highest BCUT2D eigenvalue weighted by molar-refractivity contribution is 6.00. The first-order chi connectivity index (χ1) is 8.13. The third-order valence-electron chi connectivity index (χ3n) is 2.92. The van der Waals surface area contributed by atoms with Gasteiger partial charge in [0.1, 0.15) is 0 Å². The smallest absolute Gasteiger partial charge is 0.231 e. The van der Waals surface area contributed by atoms with Crippen LogP contribution in [0.25, 0.3) is 0 Å². The van der Waals surface area contributed by atoms with E-state index < -0.39 is 0 Å². The number of ether oxygens (including phenoxy) is 2. The van der Waals surface area contributed by atoms with E-state index >= 15 is 0 Å². The van der Waals surface area contributed by atoms with Crippen LogP contribution in [-0.4, -0.2) is 25.7 Å². The Balaban J connectivity index is 0.00000162. The highest BCUT2D eigenvalue weighted by Crippen LogP contribution is 2.33. The second-order valence-electron chi connectivity index (χ2n) is 4.44. The number of rotatable bonds is 4. The van der Waals surface area contributed by atoms with E-state index in [0.717, 1.165) is 0 Å². The average Bonchev–Trinajstić information content (AvgIpc) is 2.75. The molecule has 1 atom stereocenters. The Kier molecular flexibility index (Phi) is 4.99. The Labute approximate surface area is 113 Å². The third kappa shape index (κ3) is 2.76. The minimum atomic E-state index is -0.171. The zero-order valence-electron chi connectivity index (χ0n) is 10.7. The Morgan fingerprint density at radius 2 is 1.94 bits per heavy atom. The van der Waals surface area contributed by atoms with Crippen molar-refractivity contribution in [2.75, 3.05) is 13.8 Å². The summed E-state index contributed by atoms with van der Waals surface area (Å²) in [5.41, 5.74) is 0.655. The van der Waals surface area contributed by atoms with Crippen LogP contribution in [0.2, 0.25) is 0 Å². The lowest BCUT2D eigenvalue weighted by molar-refractivity contribution is 0.0922. The molecule has 1 aliphatic heterocycles. The fourth-order valence-electron chi connectivity index (χ4n) is 2.00. The molecule has 1 N–H and O–H groups in total. The van der Waals surface area contributed by atoms with E-state index in [-0.39, 0.29) is 36.9 Å². The zero-order valence-corrected chi connectivity index (χ0v) is 11.5. The summed E-state index contributed by atoms with van der Waals surface area (Å²) in [5.74, 6) is 1.68. The number of carbonyl (C=O) groups excluding carboxylic acids is 1. The molecule has 5 heteroatoms. The summed E-state index contributed by atoms with van der Waals surface area (Å²) >= 11 is 0. The number of likely N-dealkylation sites (N-methyl/N-ethyl adjacent to an activating group) is 1. The van der Waals surface area contributed by atoms with Crippen molar-refractivity contribution in [3.63, 3.8) is 0 Å². The molecular weight excluding hydrogens is 254 g/mol. The highest BCUT2D eigenvalue weighted by atomic mass is 35.5. The SMILES string of the molecule is CNC(C(=O)c1ccc2c(c1)OCO2)C(C)C.Cl. The van der Waals surface area contributed by atoms with E-state index in [0.29, 0.717) is 17.1 Å². The molecule has 0 bridgehead atoms. The van der Waals surface area contributed by atoms with Crippen LogP contribution in [0, 0.1) is 5.92 Å². The van der Waals surface area contributed by atoms with Gasteiger partial charge in [0, 0.05) is 5.56 Å². The molecule has 0 spiro atoms. The number of hydrogen-bond acceptors (Lipinski definition) is 4. The van der Waals surface area contributed by atoms with Gasteiger partial charge in [-0.2, -0.15) is 0 Å². The first-order valence-electron chi connectivity index (χ1n) is 5.74. The molecule has 2 rings (SSSR count). The van der Waals surface area contributed by atoms with Gasteiger partial charge in [-0.05, 0) is 31.2 Å². The molecule has 18 heavy (non-hydrogen) atoms. The van der Waals surface area contributed by atoms with Gasteiger partial charge in [-0.1, -0.05) is 13.8 Å². The van der Waals surface area contributed by atoms with Crippen LogP contribution in [0.1, 0.15) is 24.2 Å². The molecular formula is C13H18ClNO3. The topological polar surface area (TPSA) is 47.6 Å². The lowest BCUT2D eigenvalue weighted by atomic mass is 9.95. The molecule has 1 aromatic carbocycles. The second-order valence-corrected chi connectivity index (χ2v) is 4.44. The molecule has 1 heterocycles. The van der Waals surface area contributed by atoms with Crippen LogP contribution in [0.4, 0.5) is 0 Å². The summed E-state index contributed by atoms with van der Waals surface area (Å²) in [5, 5.41) is 3.05. The first-order valence-corrected chi connectivity index (χ1v) is 5.74. The van der Waals surface area contributed by atoms with Crippen molar-refractivity contribution in [1.82, 2.24) is 5.32 Å². The monoisotopic (exact) mass is 271 g/mol. The Morgan fingerprint density at radius 1 is 1.28 bits per heavy atom. The highest BCUT2D eigenvalue weighted by Gasteiger charge is 2.23. The van der Waals surface area contributed by atoms with Crippen molar-refractivity contribution in [3.05, 3.63) is 23.8 Å². The number of ketones is 1. The van der Waals surface area contributed by atoms with Gasteiger partial charge >= 0.3 is 0 Å². The van der Waals surface area contributed by atoms with Crippen molar-refractivity contribution >= 4 is 18.2 Å². The minimum absolute atomic E-state index is 0. The van der Waals surface area contributed by atoms with Gasteiger partial charge in [0.2, 0.25) is 6.79 Å². The fourth-order valence-corrected chi connectivity index (χ4v) is 2.00. The average molecular weight is 272 g/mol. The fraction of sp³-hybridized carbons (Fsp3) is 0.462. The lowest BCUT2D eigenvalue weighted by Crippen LogP contribution is -2.38. The maximum atomic E-state index is 12.3. The number of benzene rings is 1. The quantitative estimate of drug-likeness (QED) is 0.854. The number of hydrogen-bond donors (Lipinski definition) is 1. The van der Waals surface area contributed by atoms with Gasteiger partial charge in [0.25, 0.3) is 0 Å². The van der Waals surface area contributed by atoms with E-state index in [9.17, 15) is 4.79 Å². The summed E-state index contributed by atoms with van der Waals surface area (Å²) in [6, 6.07) is 5.14. The molecule has 0 amide bonds. The van der Waals surface area contributed by atoms with Gasteiger partial charge in [-0.3, -0.25) is 4.79 Å². The van der Waals surface area contributed by atoms with E-state index in [1.165, 1.54) is 0 Å².